The van der Waals surface area contributed by atoms with Crippen LogP contribution >= 0.6 is 11.3 Å². The maximum Gasteiger partial charge on any atom is 0.145 e. The van der Waals surface area contributed by atoms with Crippen molar-refractivity contribution < 1.29 is 0 Å². The molecule has 0 saturated heterocycles. The van der Waals surface area contributed by atoms with E-state index in [-0.39, 0.29) is 0 Å². The van der Waals surface area contributed by atoms with Crippen LogP contribution in [-0.4, -0.2) is 14.8 Å². The molecular weight excluding hydrogens is 220 g/mol. The summed E-state index contributed by atoms with van der Waals surface area (Å²) in [6.07, 6.45) is 6.34. The standard InChI is InChI=1S/C11H14N4S/c1-7(8-2-3-8)15-6-9(12)10(14-15)11-13-4-5-16-11/h4-8H,2-3,12H2,1H3. The number of nitrogens with zero attached hydrogens (tertiary/aromatic N) is 3. The minimum absolute atomic E-state index is 0.455. The van der Waals surface area contributed by atoms with Crippen LogP contribution in [-0.2, 0) is 0 Å². The molecule has 1 atom stereocenters. The summed E-state index contributed by atoms with van der Waals surface area (Å²) in [4.78, 5) is 4.24. The van der Waals surface area contributed by atoms with E-state index >= 15 is 0 Å². The minimum Gasteiger partial charge on any atom is -0.396 e. The van der Waals surface area contributed by atoms with Crippen molar-refractivity contribution in [1.82, 2.24) is 14.8 Å². The number of thiazole rings is 1. The molecule has 1 saturated carbocycles. The van der Waals surface area contributed by atoms with Crippen molar-refractivity contribution in [2.45, 2.75) is 25.8 Å². The average Bonchev–Trinajstić information content (AvgIpc) is 2.84. The van der Waals surface area contributed by atoms with Gasteiger partial charge < -0.3 is 5.73 Å². The Bertz CT molecular complexity index is 484. The maximum atomic E-state index is 5.97. The third-order valence-electron chi connectivity index (χ3n) is 3.12. The Morgan fingerprint density at radius 1 is 1.56 bits per heavy atom. The molecule has 0 bridgehead atoms. The van der Waals surface area contributed by atoms with Crippen LogP contribution in [0.25, 0.3) is 10.7 Å². The molecule has 2 aromatic heterocycles. The number of anilines is 1. The lowest BCUT2D eigenvalue weighted by Gasteiger charge is -2.09. The highest BCUT2D eigenvalue weighted by Gasteiger charge is 2.30. The zero-order valence-corrected chi connectivity index (χ0v) is 9.94. The Kier molecular flexibility index (Phi) is 2.21. The second kappa shape index (κ2) is 3.59. The zero-order chi connectivity index (χ0) is 11.1. The lowest BCUT2D eigenvalue weighted by molar-refractivity contribution is 0.441. The summed E-state index contributed by atoms with van der Waals surface area (Å²) in [5, 5.41) is 7.40. The van der Waals surface area contributed by atoms with Crippen LogP contribution in [0.15, 0.2) is 17.8 Å². The van der Waals surface area contributed by atoms with Crippen molar-refractivity contribution in [1.29, 1.82) is 0 Å². The molecule has 0 spiro atoms. The Morgan fingerprint density at radius 2 is 2.38 bits per heavy atom. The first-order valence-electron chi connectivity index (χ1n) is 5.50. The third-order valence-corrected chi connectivity index (χ3v) is 3.90. The van der Waals surface area contributed by atoms with Crippen molar-refractivity contribution in [2.75, 3.05) is 5.73 Å². The quantitative estimate of drug-likeness (QED) is 0.888. The number of aromatic nitrogens is 3. The minimum atomic E-state index is 0.455. The van der Waals surface area contributed by atoms with Crippen molar-refractivity contribution >= 4 is 17.0 Å². The molecule has 2 N–H and O–H groups in total. The SMILES string of the molecule is CC(C1CC1)n1cc(N)c(-c2nccs2)n1. The van der Waals surface area contributed by atoms with Gasteiger partial charge in [0.05, 0.1) is 11.7 Å². The van der Waals surface area contributed by atoms with Crippen molar-refractivity contribution in [2.24, 2.45) is 5.92 Å². The van der Waals surface area contributed by atoms with Crippen LogP contribution in [0.3, 0.4) is 0 Å². The largest absolute Gasteiger partial charge is 0.396 e. The second-order valence-corrected chi connectivity index (χ2v) is 5.22. The van der Waals surface area contributed by atoms with E-state index in [4.69, 9.17) is 5.73 Å². The van der Waals surface area contributed by atoms with Gasteiger partial charge in [0.2, 0.25) is 0 Å². The molecule has 2 heterocycles. The third kappa shape index (κ3) is 1.61. The summed E-state index contributed by atoms with van der Waals surface area (Å²) < 4.78 is 1.99. The van der Waals surface area contributed by atoms with Gasteiger partial charge in [-0.3, -0.25) is 4.68 Å². The number of hydrogen-bond acceptors (Lipinski definition) is 4. The highest BCUT2D eigenvalue weighted by Crippen LogP contribution is 2.40. The molecular formula is C11H14N4S. The fourth-order valence-electron chi connectivity index (χ4n) is 1.92. The summed E-state index contributed by atoms with van der Waals surface area (Å²) in [6.45, 7) is 2.20. The van der Waals surface area contributed by atoms with Crippen LogP contribution in [0.4, 0.5) is 5.69 Å². The predicted molar refractivity (Wildman–Crippen MR) is 65.2 cm³/mol. The van der Waals surface area contributed by atoms with Crippen molar-refractivity contribution in [3.8, 4) is 10.7 Å². The van der Waals surface area contributed by atoms with Gasteiger partial charge in [-0.15, -0.1) is 11.3 Å². The van der Waals surface area contributed by atoms with Gasteiger partial charge in [0.25, 0.3) is 0 Å². The smallest absolute Gasteiger partial charge is 0.145 e. The Balaban J connectivity index is 1.95. The van der Waals surface area contributed by atoms with Gasteiger partial charge in [-0.2, -0.15) is 5.10 Å². The van der Waals surface area contributed by atoms with Gasteiger partial charge >= 0.3 is 0 Å². The molecule has 4 nitrogen and oxygen atoms in total. The normalized spacial score (nSPS) is 17.6. The first kappa shape index (κ1) is 9.84. The monoisotopic (exact) mass is 234 g/mol. The number of nitrogens with two attached hydrogens (primary N) is 1. The van der Waals surface area contributed by atoms with Crippen LogP contribution in [0, 0.1) is 5.92 Å². The summed E-state index contributed by atoms with van der Waals surface area (Å²) >= 11 is 1.57. The Labute approximate surface area is 98.1 Å². The van der Waals surface area contributed by atoms with E-state index < -0.39 is 0 Å². The maximum absolute atomic E-state index is 5.97. The van der Waals surface area contributed by atoms with Gasteiger partial charge in [-0.05, 0) is 25.7 Å². The zero-order valence-electron chi connectivity index (χ0n) is 9.13. The fraction of sp³-hybridized carbons (Fsp3) is 0.455. The topological polar surface area (TPSA) is 56.7 Å². The van der Waals surface area contributed by atoms with Gasteiger partial charge in [0, 0.05) is 17.8 Å². The molecule has 0 radical (unpaired) electrons. The Hall–Kier alpha value is -1.36. The molecule has 16 heavy (non-hydrogen) atoms. The van der Waals surface area contributed by atoms with Gasteiger partial charge in [0.15, 0.2) is 0 Å². The number of nitrogen functional groups attached to an aromatic ring is 1. The molecule has 5 heteroatoms. The lowest BCUT2D eigenvalue weighted by atomic mass is 10.2. The Morgan fingerprint density at radius 3 is 3.00 bits per heavy atom. The van der Waals surface area contributed by atoms with Crippen molar-refractivity contribution in [3.05, 3.63) is 17.8 Å². The summed E-state index contributed by atoms with van der Waals surface area (Å²) in [5.41, 5.74) is 7.52. The summed E-state index contributed by atoms with van der Waals surface area (Å²) in [6, 6.07) is 0.455. The molecule has 1 fully saturated rings. The molecule has 3 rings (SSSR count). The van der Waals surface area contributed by atoms with E-state index in [0.29, 0.717) is 6.04 Å². The number of hydrogen-bond donors (Lipinski definition) is 1. The van der Waals surface area contributed by atoms with Gasteiger partial charge in [-0.1, -0.05) is 0 Å². The summed E-state index contributed by atoms with van der Waals surface area (Å²) in [7, 11) is 0. The van der Waals surface area contributed by atoms with E-state index in [0.717, 1.165) is 22.3 Å². The predicted octanol–water partition coefficient (Wildman–Crippen LogP) is 2.56. The first-order chi connectivity index (χ1) is 7.75. The lowest BCUT2D eigenvalue weighted by Crippen LogP contribution is -2.07. The molecule has 0 aromatic carbocycles. The first-order valence-corrected chi connectivity index (χ1v) is 6.38. The average molecular weight is 234 g/mol. The molecule has 0 aliphatic heterocycles. The second-order valence-electron chi connectivity index (χ2n) is 4.33. The fourth-order valence-corrected chi connectivity index (χ4v) is 2.56. The van der Waals surface area contributed by atoms with E-state index in [1.807, 2.05) is 16.3 Å². The van der Waals surface area contributed by atoms with E-state index in [9.17, 15) is 0 Å². The van der Waals surface area contributed by atoms with Crippen LogP contribution in [0.5, 0.6) is 0 Å². The van der Waals surface area contributed by atoms with Crippen molar-refractivity contribution in [3.63, 3.8) is 0 Å². The molecule has 1 unspecified atom stereocenters. The molecule has 1 aliphatic rings. The van der Waals surface area contributed by atoms with E-state index in [1.54, 1.807) is 17.5 Å². The molecule has 84 valence electrons. The van der Waals surface area contributed by atoms with E-state index in [1.165, 1.54) is 12.8 Å². The molecule has 2 aromatic rings. The van der Waals surface area contributed by atoms with Crippen LogP contribution < -0.4 is 5.73 Å². The molecule has 0 amide bonds. The van der Waals surface area contributed by atoms with Gasteiger partial charge in [0.1, 0.15) is 10.7 Å². The van der Waals surface area contributed by atoms with Gasteiger partial charge in [-0.25, -0.2) is 4.98 Å². The van der Waals surface area contributed by atoms with E-state index in [2.05, 4.69) is 17.0 Å². The number of rotatable bonds is 3. The summed E-state index contributed by atoms with van der Waals surface area (Å²) in [5.74, 6) is 0.781. The van der Waals surface area contributed by atoms with Crippen LogP contribution in [0.1, 0.15) is 25.8 Å². The highest BCUT2D eigenvalue weighted by atomic mass is 32.1. The highest BCUT2D eigenvalue weighted by molar-refractivity contribution is 7.13. The van der Waals surface area contributed by atoms with Crippen LogP contribution in [0.2, 0.25) is 0 Å². The molecule has 1 aliphatic carbocycles.